The second-order valence-electron chi connectivity index (χ2n) is 6.61. The van der Waals surface area contributed by atoms with Gasteiger partial charge in [0, 0.05) is 18.7 Å². The molecule has 1 amide bonds. The van der Waals surface area contributed by atoms with Gasteiger partial charge in [0.2, 0.25) is 0 Å². The predicted octanol–water partition coefficient (Wildman–Crippen LogP) is 4.51. The summed E-state index contributed by atoms with van der Waals surface area (Å²) in [7, 11) is 0. The number of nitrogens with two attached hydrogens (primary N) is 1. The Kier molecular flexibility index (Phi) is 12.0. The van der Waals surface area contributed by atoms with Gasteiger partial charge < -0.3 is 20.2 Å². The largest absolute Gasteiger partial charge is 0.494 e. The lowest BCUT2D eigenvalue weighted by Gasteiger charge is -2.19. The quantitative estimate of drug-likeness (QED) is 0.231. The van der Waals surface area contributed by atoms with Crippen molar-refractivity contribution in [3.05, 3.63) is 59.7 Å². The topological polar surface area (TPSA) is 77.2 Å². The van der Waals surface area contributed by atoms with Crippen molar-refractivity contribution in [3.63, 3.8) is 0 Å². The minimum atomic E-state index is 0. The summed E-state index contributed by atoms with van der Waals surface area (Å²) in [6, 6.07) is 15.1. The Morgan fingerprint density at radius 1 is 0.967 bits per heavy atom. The highest BCUT2D eigenvalue weighted by atomic mass is 35.5. The van der Waals surface area contributed by atoms with Crippen molar-refractivity contribution in [3.8, 4) is 11.5 Å². The average molecular weight is 434 g/mol. The van der Waals surface area contributed by atoms with Gasteiger partial charge in [0.25, 0.3) is 5.91 Å². The van der Waals surface area contributed by atoms with Gasteiger partial charge in [-0.15, -0.1) is 12.4 Å². The first-order valence-corrected chi connectivity index (χ1v) is 10.2. The number of ether oxygens (including phenoxy) is 2. The third-order valence-corrected chi connectivity index (χ3v) is 4.56. The van der Waals surface area contributed by atoms with Crippen LogP contribution in [0.1, 0.15) is 49.0 Å². The lowest BCUT2D eigenvalue weighted by atomic mass is 10.2. The van der Waals surface area contributed by atoms with Crippen LogP contribution in [0.15, 0.2) is 53.6 Å². The molecule has 6 nitrogen and oxygen atoms in total. The van der Waals surface area contributed by atoms with Crippen molar-refractivity contribution in [2.24, 2.45) is 10.9 Å². The number of rotatable bonds is 12. The smallest absolute Gasteiger partial charge is 0.253 e. The van der Waals surface area contributed by atoms with Crippen LogP contribution in [0.2, 0.25) is 0 Å². The molecule has 0 saturated heterocycles. The summed E-state index contributed by atoms with van der Waals surface area (Å²) in [5.41, 5.74) is 1.61. The lowest BCUT2D eigenvalue weighted by molar-refractivity contribution is 0.0772. The van der Waals surface area contributed by atoms with Crippen LogP contribution in [0.25, 0.3) is 0 Å². The number of halogens is 1. The van der Waals surface area contributed by atoms with Crippen LogP contribution in [-0.4, -0.2) is 43.3 Å². The highest BCUT2D eigenvalue weighted by molar-refractivity contribution is 5.94. The maximum atomic E-state index is 12.4. The first-order chi connectivity index (χ1) is 14.2. The van der Waals surface area contributed by atoms with Crippen molar-refractivity contribution >= 4 is 24.5 Å². The number of carbonyl (C=O) groups is 1. The molecule has 0 saturated carbocycles. The molecule has 2 aromatic carbocycles. The average Bonchev–Trinajstić information content (AvgIpc) is 2.75. The monoisotopic (exact) mass is 433 g/mol. The van der Waals surface area contributed by atoms with Crippen LogP contribution in [-0.2, 0) is 0 Å². The van der Waals surface area contributed by atoms with Crippen molar-refractivity contribution in [1.29, 1.82) is 0 Å². The van der Waals surface area contributed by atoms with Gasteiger partial charge in [-0.25, -0.2) is 0 Å². The Morgan fingerprint density at radius 3 is 2.20 bits per heavy atom. The molecule has 0 fully saturated rings. The summed E-state index contributed by atoms with van der Waals surface area (Å²) < 4.78 is 11.5. The molecular formula is C23H32ClN3O3. The molecule has 2 aromatic rings. The number of carbonyl (C=O) groups excluding carboxylic acids is 1. The number of hydrogen-bond donors (Lipinski definition) is 1. The van der Waals surface area contributed by atoms with Crippen molar-refractivity contribution in [2.45, 2.75) is 33.1 Å². The molecule has 0 aliphatic carbocycles. The van der Waals surface area contributed by atoms with Crippen LogP contribution in [0.4, 0.5) is 0 Å². The molecule has 0 atom stereocenters. The van der Waals surface area contributed by atoms with Crippen LogP contribution in [0.3, 0.4) is 0 Å². The zero-order valence-corrected chi connectivity index (χ0v) is 18.6. The number of nitrogens with zero attached hydrogens (tertiary/aromatic N) is 2. The maximum absolute atomic E-state index is 12.4. The first-order valence-electron chi connectivity index (χ1n) is 10.2. The van der Waals surface area contributed by atoms with E-state index in [9.17, 15) is 4.79 Å². The van der Waals surface area contributed by atoms with E-state index in [2.05, 4.69) is 5.10 Å². The van der Waals surface area contributed by atoms with Crippen molar-refractivity contribution in [2.75, 3.05) is 26.3 Å². The third-order valence-electron chi connectivity index (χ3n) is 4.56. The fraction of sp³-hybridized carbons (Fsp3) is 0.391. The van der Waals surface area contributed by atoms with Crippen LogP contribution >= 0.6 is 12.4 Å². The van der Waals surface area contributed by atoms with Crippen molar-refractivity contribution in [1.82, 2.24) is 4.90 Å². The van der Waals surface area contributed by atoms with E-state index in [4.69, 9.17) is 15.3 Å². The Labute approximate surface area is 185 Å². The van der Waals surface area contributed by atoms with Crippen molar-refractivity contribution < 1.29 is 14.3 Å². The molecule has 0 radical (unpaired) electrons. The molecule has 2 rings (SSSR count). The summed E-state index contributed by atoms with van der Waals surface area (Å²) in [6.07, 6.45) is 4.49. The van der Waals surface area contributed by atoms with E-state index in [1.807, 2.05) is 62.4 Å². The third kappa shape index (κ3) is 8.33. The zero-order chi connectivity index (χ0) is 20.9. The molecule has 0 bridgehead atoms. The summed E-state index contributed by atoms with van der Waals surface area (Å²) in [5, 5.41) is 3.49. The van der Waals surface area contributed by atoms with Gasteiger partial charge in [-0.3, -0.25) is 4.79 Å². The van der Waals surface area contributed by atoms with Crippen LogP contribution in [0.5, 0.6) is 11.5 Å². The summed E-state index contributed by atoms with van der Waals surface area (Å²) in [5.74, 6) is 6.75. The van der Waals surface area contributed by atoms with Gasteiger partial charge >= 0.3 is 0 Å². The van der Waals surface area contributed by atoms with E-state index in [0.29, 0.717) is 31.9 Å². The number of hydrogen-bond acceptors (Lipinski definition) is 5. The number of amides is 1. The summed E-state index contributed by atoms with van der Waals surface area (Å²) in [4.78, 5) is 14.2. The Hall–Kier alpha value is -2.73. The normalized spacial score (nSPS) is 10.5. The van der Waals surface area contributed by atoms with E-state index >= 15 is 0 Å². The van der Waals surface area contributed by atoms with Gasteiger partial charge in [0.05, 0.1) is 19.4 Å². The fourth-order valence-electron chi connectivity index (χ4n) is 2.91. The van der Waals surface area contributed by atoms with Crippen LogP contribution in [0, 0.1) is 0 Å². The van der Waals surface area contributed by atoms with Gasteiger partial charge in [-0.2, -0.15) is 5.10 Å². The lowest BCUT2D eigenvalue weighted by Crippen LogP contribution is -2.30. The summed E-state index contributed by atoms with van der Waals surface area (Å²) in [6.45, 7) is 6.66. The Bertz CT molecular complexity index is 778. The summed E-state index contributed by atoms with van der Waals surface area (Å²) >= 11 is 0. The minimum Gasteiger partial charge on any atom is -0.494 e. The number of unbranched alkanes of at least 4 members (excludes halogenated alkanes) is 2. The van der Waals surface area contributed by atoms with Gasteiger partial charge in [0.15, 0.2) is 0 Å². The van der Waals surface area contributed by atoms with E-state index in [0.717, 1.165) is 36.3 Å². The Balaban J connectivity index is 0.00000450. The van der Waals surface area contributed by atoms with E-state index in [1.165, 1.54) is 0 Å². The van der Waals surface area contributed by atoms with E-state index in [1.54, 1.807) is 11.1 Å². The van der Waals surface area contributed by atoms with Crippen LogP contribution < -0.4 is 15.3 Å². The molecule has 30 heavy (non-hydrogen) atoms. The molecule has 0 unspecified atom stereocenters. The first kappa shape index (κ1) is 25.3. The highest BCUT2D eigenvalue weighted by Crippen LogP contribution is 2.16. The van der Waals surface area contributed by atoms with E-state index < -0.39 is 0 Å². The standard InChI is InChI=1S/C23H31N3O3.ClH/c1-3-26(4-2)23(27)20-9-8-10-22(17-20)29-16-7-5-6-15-28-21-13-11-19(12-14-21)18-25-24;/h8-14,17-18H,3-7,15-16,24H2,1-2H3;1H. The molecule has 0 aliphatic rings. The molecular weight excluding hydrogens is 402 g/mol. The molecule has 2 N–H and O–H groups in total. The molecule has 7 heteroatoms. The molecule has 0 aliphatic heterocycles. The second kappa shape index (κ2) is 14.3. The molecule has 0 aromatic heterocycles. The minimum absolute atomic E-state index is 0. The van der Waals surface area contributed by atoms with E-state index in [-0.39, 0.29) is 18.3 Å². The van der Waals surface area contributed by atoms with Gasteiger partial charge in [-0.1, -0.05) is 6.07 Å². The highest BCUT2D eigenvalue weighted by Gasteiger charge is 2.12. The molecule has 0 heterocycles. The number of hydrazone groups is 1. The zero-order valence-electron chi connectivity index (χ0n) is 17.8. The maximum Gasteiger partial charge on any atom is 0.253 e. The predicted molar refractivity (Wildman–Crippen MR) is 124 cm³/mol. The fourth-order valence-corrected chi connectivity index (χ4v) is 2.91. The number of benzene rings is 2. The second-order valence-corrected chi connectivity index (χ2v) is 6.61. The Morgan fingerprint density at radius 2 is 1.60 bits per heavy atom. The molecule has 0 spiro atoms. The molecule has 164 valence electrons. The SMILES string of the molecule is CCN(CC)C(=O)c1cccc(OCCCCCOc2ccc(C=NN)cc2)c1.Cl. The van der Waals surface area contributed by atoms with Gasteiger partial charge in [-0.05, 0) is 81.1 Å². The van der Waals surface area contributed by atoms with Gasteiger partial charge in [0.1, 0.15) is 11.5 Å².